The Labute approximate surface area is 197 Å². The molecule has 0 radical (unpaired) electrons. The molecular weight excluding hydrogens is 438 g/mol. The predicted molar refractivity (Wildman–Crippen MR) is 122 cm³/mol. The van der Waals surface area contributed by atoms with Gasteiger partial charge in [0.1, 0.15) is 5.76 Å². The lowest BCUT2D eigenvalue weighted by Crippen LogP contribution is -2.36. The van der Waals surface area contributed by atoms with Gasteiger partial charge in [-0.25, -0.2) is 4.79 Å². The summed E-state index contributed by atoms with van der Waals surface area (Å²) in [7, 11) is 1.31. The number of benzene rings is 1. The van der Waals surface area contributed by atoms with Crippen LogP contribution < -0.4 is 14.8 Å². The minimum atomic E-state index is -0.653. The first kappa shape index (κ1) is 23.4. The van der Waals surface area contributed by atoms with Crippen LogP contribution in [0.1, 0.15) is 56.8 Å². The van der Waals surface area contributed by atoms with E-state index in [9.17, 15) is 14.4 Å². The second-order valence-corrected chi connectivity index (χ2v) is 8.26. The number of carbonyl (C=O) groups excluding carboxylic acids is 3. The summed E-state index contributed by atoms with van der Waals surface area (Å²) in [6.07, 6.45) is 2.43. The van der Waals surface area contributed by atoms with Crippen LogP contribution in [-0.4, -0.2) is 31.4 Å². The lowest BCUT2D eigenvalue weighted by atomic mass is 9.72. The molecule has 1 aromatic heterocycles. The van der Waals surface area contributed by atoms with Gasteiger partial charge in [-0.3, -0.25) is 9.59 Å². The molecule has 0 fully saturated rings. The number of furan rings is 1. The van der Waals surface area contributed by atoms with Crippen molar-refractivity contribution in [2.75, 3.05) is 13.7 Å². The summed E-state index contributed by atoms with van der Waals surface area (Å²) in [4.78, 5) is 37.9. The molecule has 2 unspecified atom stereocenters. The first-order chi connectivity index (χ1) is 16.3. The highest BCUT2D eigenvalue weighted by Gasteiger charge is 2.42. The summed E-state index contributed by atoms with van der Waals surface area (Å²) in [5, 5.41) is 3.28. The quantitative estimate of drug-likeness (QED) is 0.502. The van der Waals surface area contributed by atoms with Gasteiger partial charge in [0, 0.05) is 42.1 Å². The summed E-state index contributed by atoms with van der Waals surface area (Å²) in [5.74, 6) is -0.433. The maximum absolute atomic E-state index is 13.5. The monoisotopic (exact) mass is 465 g/mol. The topological polar surface area (TPSA) is 104 Å². The lowest BCUT2D eigenvalue weighted by Gasteiger charge is -2.36. The van der Waals surface area contributed by atoms with Crippen LogP contribution >= 0.6 is 0 Å². The maximum atomic E-state index is 13.5. The van der Waals surface area contributed by atoms with E-state index in [1.165, 1.54) is 14.0 Å². The summed E-state index contributed by atoms with van der Waals surface area (Å²) in [6.45, 7) is 5.27. The van der Waals surface area contributed by atoms with E-state index in [4.69, 9.17) is 18.6 Å². The molecule has 2 heterocycles. The van der Waals surface area contributed by atoms with Crippen LogP contribution in [0.4, 0.5) is 0 Å². The lowest BCUT2D eigenvalue weighted by molar-refractivity contribution is -0.136. The van der Waals surface area contributed by atoms with E-state index in [1.54, 1.807) is 37.5 Å². The normalized spacial score (nSPS) is 19.9. The molecular formula is C26H27NO7. The van der Waals surface area contributed by atoms with Crippen molar-refractivity contribution in [2.24, 2.45) is 0 Å². The van der Waals surface area contributed by atoms with Crippen molar-refractivity contribution in [3.8, 4) is 11.5 Å². The number of allylic oxidation sites excluding steroid dienone is 3. The van der Waals surface area contributed by atoms with Gasteiger partial charge in [-0.15, -0.1) is 0 Å². The Hall–Kier alpha value is -3.81. The maximum Gasteiger partial charge on any atom is 0.336 e. The number of esters is 2. The number of dihydropyridines is 1. The highest BCUT2D eigenvalue weighted by Crippen LogP contribution is 2.47. The molecule has 0 amide bonds. The van der Waals surface area contributed by atoms with Gasteiger partial charge in [-0.05, 0) is 50.1 Å². The molecule has 1 N–H and O–H groups in total. The van der Waals surface area contributed by atoms with Crippen LogP contribution in [0.5, 0.6) is 11.5 Å². The fourth-order valence-electron chi connectivity index (χ4n) is 4.69. The molecule has 1 aromatic carbocycles. The Bertz CT molecular complexity index is 1190. The molecule has 34 heavy (non-hydrogen) atoms. The Balaban J connectivity index is 1.83. The van der Waals surface area contributed by atoms with Gasteiger partial charge in [-0.2, -0.15) is 0 Å². The molecule has 0 saturated heterocycles. The van der Waals surface area contributed by atoms with Crippen molar-refractivity contribution >= 4 is 17.7 Å². The third-order valence-corrected chi connectivity index (χ3v) is 6.03. The fraction of sp³-hybridized carbons (Fsp3) is 0.346. The van der Waals surface area contributed by atoms with E-state index in [2.05, 4.69) is 5.32 Å². The van der Waals surface area contributed by atoms with E-state index in [1.807, 2.05) is 13.0 Å². The summed E-state index contributed by atoms with van der Waals surface area (Å²) in [5.41, 5.74) is 2.92. The molecule has 8 heteroatoms. The Morgan fingerprint density at radius 1 is 1.18 bits per heavy atom. The van der Waals surface area contributed by atoms with Gasteiger partial charge in [-0.1, -0.05) is 6.07 Å². The van der Waals surface area contributed by atoms with Gasteiger partial charge >= 0.3 is 11.9 Å². The van der Waals surface area contributed by atoms with Gasteiger partial charge in [0.2, 0.25) is 0 Å². The Morgan fingerprint density at radius 3 is 2.62 bits per heavy atom. The van der Waals surface area contributed by atoms with Crippen LogP contribution in [0.3, 0.4) is 0 Å². The summed E-state index contributed by atoms with van der Waals surface area (Å²) in [6, 6.07) is 8.75. The third kappa shape index (κ3) is 4.35. The molecule has 2 aromatic rings. The number of rotatable bonds is 6. The van der Waals surface area contributed by atoms with Crippen LogP contribution in [-0.2, 0) is 19.1 Å². The van der Waals surface area contributed by atoms with Crippen molar-refractivity contribution < 1.29 is 33.0 Å². The van der Waals surface area contributed by atoms with E-state index < -0.39 is 17.9 Å². The van der Waals surface area contributed by atoms with Crippen molar-refractivity contribution in [1.82, 2.24) is 5.32 Å². The zero-order chi connectivity index (χ0) is 24.4. The minimum Gasteiger partial charge on any atom is -0.490 e. The molecule has 178 valence electrons. The highest BCUT2D eigenvalue weighted by atomic mass is 16.6. The van der Waals surface area contributed by atoms with Crippen molar-refractivity contribution in [3.05, 3.63) is 70.5 Å². The van der Waals surface area contributed by atoms with Gasteiger partial charge in [0.25, 0.3) is 0 Å². The molecule has 1 aliphatic carbocycles. The van der Waals surface area contributed by atoms with E-state index in [-0.39, 0.29) is 23.9 Å². The van der Waals surface area contributed by atoms with E-state index in [0.29, 0.717) is 41.2 Å². The number of nitrogens with one attached hydrogen (secondary N) is 1. The van der Waals surface area contributed by atoms with Crippen LogP contribution in [0.2, 0.25) is 0 Å². The molecule has 0 saturated carbocycles. The summed E-state index contributed by atoms with van der Waals surface area (Å²) < 4.78 is 21.6. The molecule has 0 bridgehead atoms. The zero-order valence-electron chi connectivity index (χ0n) is 19.6. The first-order valence-electron chi connectivity index (χ1n) is 11.1. The largest absolute Gasteiger partial charge is 0.490 e. The second-order valence-electron chi connectivity index (χ2n) is 8.26. The zero-order valence-corrected chi connectivity index (χ0v) is 19.6. The number of hydrogen-bond acceptors (Lipinski definition) is 8. The SMILES string of the molecule is CCOc1cc(C2C(C(=O)OC)=C(C)NC3=C2C(=O)CC(c2ccco2)C3)ccc1OC(C)=O. The molecule has 4 rings (SSSR count). The van der Waals surface area contributed by atoms with Crippen molar-refractivity contribution in [2.45, 2.75) is 45.4 Å². The number of carbonyl (C=O) groups is 3. The van der Waals surface area contributed by atoms with Gasteiger partial charge < -0.3 is 23.9 Å². The number of Topliss-reactive ketones (excluding diaryl/α,β-unsaturated/α-hetero) is 1. The molecule has 1 aliphatic heterocycles. The van der Waals surface area contributed by atoms with Crippen LogP contribution in [0, 0.1) is 0 Å². The van der Waals surface area contributed by atoms with Crippen LogP contribution in [0.15, 0.2) is 63.6 Å². The molecule has 0 spiro atoms. The third-order valence-electron chi connectivity index (χ3n) is 6.03. The Morgan fingerprint density at radius 2 is 1.97 bits per heavy atom. The van der Waals surface area contributed by atoms with Crippen molar-refractivity contribution in [1.29, 1.82) is 0 Å². The number of ketones is 1. The number of hydrogen-bond donors (Lipinski definition) is 1. The van der Waals surface area contributed by atoms with Gasteiger partial charge in [0.05, 0.1) is 25.6 Å². The average Bonchev–Trinajstić information content (AvgIpc) is 3.33. The smallest absolute Gasteiger partial charge is 0.336 e. The second kappa shape index (κ2) is 9.59. The Kier molecular flexibility index (Phi) is 6.58. The number of methoxy groups -OCH3 is 1. The van der Waals surface area contributed by atoms with Crippen molar-refractivity contribution in [3.63, 3.8) is 0 Å². The standard InChI is InChI=1S/C26H27NO7/c1-5-32-22-13-16(8-9-21(22)34-15(3)28)24-23(26(30)31-4)14(2)27-18-11-17(12-19(29)25(18)24)20-7-6-10-33-20/h6-10,13,17,24,27H,5,11-12H2,1-4H3. The van der Waals surface area contributed by atoms with Crippen LogP contribution in [0.25, 0.3) is 0 Å². The molecule has 2 aliphatic rings. The minimum absolute atomic E-state index is 0.0731. The van der Waals surface area contributed by atoms with E-state index >= 15 is 0 Å². The van der Waals surface area contributed by atoms with Gasteiger partial charge in [0.15, 0.2) is 17.3 Å². The first-order valence-corrected chi connectivity index (χ1v) is 11.1. The fourth-order valence-corrected chi connectivity index (χ4v) is 4.69. The number of ether oxygens (including phenoxy) is 3. The average molecular weight is 466 g/mol. The molecule has 2 atom stereocenters. The highest BCUT2D eigenvalue weighted by molar-refractivity contribution is 6.04. The predicted octanol–water partition coefficient (Wildman–Crippen LogP) is 4.14. The summed E-state index contributed by atoms with van der Waals surface area (Å²) >= 11 is 0. The van der Waals surface area contributed by atoms with E-state index in [0.717, 1.165) is 11.5 Å². The molecule has 8 nitrogen and oxygen atoms in total.